The number of carbonyl (C=O) groups is 1. The molecule has 0 fully saturated rings. The largest absolute Gasteiger partial charge is 0.509 e. The summed E-state index contributed by atoms with van der Waals surface area (Å²) in [4.78, 5) is 12.1. The Labute approximate surface area is 139 Å². The second-order valence-corrected chi connectivity index (χ2v) is 5.72. The van der Waals surface area contributed by atoms with E-state index >= 15 is 0 Å². The molecule has 0 spiro atoms. The molecule has 1 unspecified atom stereocenters. The zero-order chi connectivity index (χ0) is 16.2. The molecule has 1 aliphatic rings. The molecule has 0 heterocycles. The van der Waals surface area contributed by atoms with E-state index in [0.29, 0.717) is 23.6 Å². The fourth-order valence-electron chi connectivity index (χ4n) is 2.59. The molecular formula is C18H15ClN2O2. The lowest BCUT2D eigenvalue weighted by molar-refractivity contribution is -0.116. The first-order chi connectivity index (χ1) is 11.2. The zero-order valence-electron chi connectivity index (χ0n) is 12.3. The van der Waals surface area contributed by atoms with Crippen LogP contribution in [0.3, 0.4) is 0 Å². The van der Waals surface area contributed by atoms with Gasteiger partial charge in [-0.25, -0.2) is 0 Å². The topological polar surface area (TPSA) is 62.0 Å². The number of hydrogen-bond acceptors (Lipinski definition) is 4. The van der Waals surface area contributed by atoms with Crippen LogP contribution >= 0.6 is 11.6 Å². The normalized spacial score (nSPS) is 18.7. The third-order valence-electron chi connectivity index (χ3n) is 3.81. The van der Waals surface area contributed by atoms with Gasteiger partial charge in [-0.1, -0.05) is 54.1 Å². The third-order valence-corrected chi connectivity index (χ3v) is 4.13. The fraction of sp³-hybridized carbons (Fsp3) is 0.167. The first-order valence-corrected chi connectivity index (χ1v) is 7.72. The predicted molar refractivity (Wildman–Crippen MR) is 89.0 cm³/mol. The maximum absolute atomic E-state index is 12.1. The number of aliphatic hydroxyl groups is 1. The summed E-state index contributed by atoms with van der Waals surface area (Å²) in [6, 6.07) is 16.5. The number of carbonyl (C=O) groups excluding carboxylic acids is 1. The Kier molecular flexibility index (Phi) is 4.53. The van der Waals surface area contributed by atoms with E-state index in [-0.39, 0.29) is 23.2 Å². The monoisotopic (exact) mass is 326 g/mol. The lowest BCUT2D eigenvalue weighted by Crippen LogP contribution is -2.17. The van der Waals surface area contributed by atoms with Crippen molar-refractivity contribution in [3.8, 4) is 0 Å². The summed E-state index contributed by atoms with van der Waals surface area (Å²) in [6.07, 6.45) is 0.903. The molecule has 0 aromatic heterocycles. The van der Waals surface area contributed by atoms with Gasteiger partial charge in [0.05, 0.1) is 5.02 Å². The van der Waals surface area contributed by atoms with E-state index in [9.17, 15) is 9.90 Å². The number of hydrogen-bond donors (Lipinski definition) is 1. The number of azo groups is 1. The maximum atomic E-state index is 12.1. The predicted octanol–water partition coefficient (Wildman–Crippen LogP) is 5.34. The van der Waals surface area contributed by atoms with Gasteiger partial charge in [0.15, 0.2) is 11.5 Å². The molecule has 0 saturated carbocycles. The summed E-state index contributed by atoms with van der Waals surface area (Å²) in [5.41, 5.74) is 1.44. The number of allylic oxidation sites excluding steroid dienone is 2. The molecule has 0 saturated heterocycles. The van der Waals surface area contributed by atoms with Gasteiger partial charge < -0.3 is 5.11 Å². The number of rotatable bonds is 3. The number of benzene rings is 2. The van der Waals surface area contributed by atoms with Crippen LogP contribution in [-0.2, 0) is 4.79 Å². The molecule has 1 atom stereocenters. The molecule has 1 N–H and O–H groups in total. The van der Waals surface area contributed by atoms with Crippen LogP contribution in [0.25, 0.3) is 0 Å². The zero-order valence-corrected chi connectivity index (χ0v) is 13.1. The second kappa shape index (κ2) is 6.75. The minimum absolute atomic E-state index is 0.0185. The standard InChI is InChI=1S/C18H15ClN2O2/c19-14-8-4-5-9-15(14)20-21-17-16(22)11-10-13(18(17)23)12-6-2-1-3-7-12/h1-9,13,23H,10-11H2. The molecule has 1 aliphatic carbocycles. The van der Waals surface area contributed by atoms with E-state index in [2.05, 4.69) is 10.2 Å². The molecule has 4 nitrogen and oxygen atoms in total. The highest BCUT2D eigenvalue weighted by molar-refractivity contribution is 6.32. The first-order valence-electron chi connectivity index (χ1n) is 7.34. The lowest BCUT2D eigenvalue weighted by atomic mass is 9.85. The van der Waals surface area contributed by atoms with E-state index in [1.54, 1.807) is 24.3 Å². The van der Waals surface area contributed by atoms with E-state index in [4.69, 9.17) is 11.6 Å². The lowest BCUT2D eigenvalue weighted by Gasteiger charge is -2.21. The maximum Gasteiger partial charge on any atom is 0.186 e. The summed E-state index contributed by atoms with van der Waals surface area (Å²) in [5.74, 6) is -0.456. The third kappa shape index (κ3) is 3.32. The fourth-order valence-corrected chi connectivity index (χ4v) is 2.77. The van der Waals surface area contributed by atoms with Gasteiger partial charge >= 0.3 is 0 Å². The van der Waals surface area contributed by atoms with E-state index in [0.717, 1.165) is 5.56 Å². The highest BCUT2D eigenvalue weighted by Gasteiger charge is 2.29. The van der Waals surface area contributed by atoms with Crippen molar-refractivity contribution < 1.29 is 9.90 Å². The van der Waals surface area contributed by atoms with Gasteiger partial charge in [0, 0.05) is 12.3 Å². The summed E-state index contributed by atoms with van der Waals surface area (Å²) in [5, 5.41) is 18.9. The molecule has 3 rings (SSSR count). The molecular weight excluding hydrogens is 312 g/mol. The Morgan fingerprint density at radius 3 is 2.43 bits per heavy atom. The van der Waals surface area contributed by atoms with Crippen molar-refractivity contribution in [1.82, 2.24) is 0 Å². The number of Topliss-reactive ketones (excluding diaryl/α,β-unsaturated/α-hetero) is 1. The van der Waals surface area contributed by atoms with Crippen LogP contribution in [0.15, 0.2) is 76.3 Å². The van der Waals surface area contributed by atoms with Gasteiger partial charge in [0.25, 0.3) is 0 Å². The second-order valence-electron chi connectivity index (χ2n) is 5.31. The van der Waals surface area contributed by atoms with Gasteiger partial charge in [-0.3, -0.25) is 4.79 Å². The molecule has 2 aromatic rings. The minimum atomic E-state index is -0.228. The molecule has 2 aromatic carbocycles. The van der Waals surface area contributed by atoms with Gasteiger partial charge in [0.1, 0.15) is 11.4 Å². The van der Waals surface area contributed by atoms with E-state index in [1.165, 1.54) is 0 Å². The van der Waals surface area contributed by atoms with Crippen molar-refractivity contribution in [1.29, 1.82) is 0 Å². The summed E-state index contributed by atoms with van der Waals surface area (Å²) in [6.45, 7) is 0. The minimum Gasteiger partial charge on any atom is -0.509 e. The Balaban J connectivity index is 1.95. The van der Waals surface area contributed by atoms with Crippen molar-refractivity contribution in [3.05, 3.63) is 76.6 Å². The molecule has 5 heteroatoms. The SMILES string of the molecule is O=C1CCC(c2ccccc2)C(O)=C1N=Nc1ccccc1Cl. The highest BCUT2D eigenvalue weighted by atomic mass is 35.5. The number of ketones is 1. The Bertz CT molecular complexity index is 785. The van der Waals surface area contributed by atoms with Crippen LogP contribution < -0.4 is 0 Å². The Morgan fingerprint density at radius 2 is 1.70 bits per heavy atom. The van der Waals surface area contributed by atoms with Crippen molar-refractivity contribution in [2.45, 2.75) is 18.8 Å². The van der Waals surface area contributed by atoms with Gasteiger partial charge in [-0.05, 0) is 24.1 Å². The summed E-state index contributed by atoms with van der Waals surface area (Å²) < 4.78 is 0. The average Bonchev–Trinajstić information content (AvgIpc) is 2.57. The van der Waals surface area contributed by atoms with Crippen molar-refractivity contribution in [2.75, 3.05) is 0 Å². The van der Waals surface area contributed by atoms with Gasteiger partial charge in [-0.2, -0.15) is 0 Å². The van der Waals surface area contributed by atoms with Crippen LogP contribution in [0.1, 0.15) is 24.3 Å². The molecule has 0 amide bonds. The first kappa shape index (κ1) is 15.4. The number of aliphatic hydroxyl groups excluding tert-OH is 1. The quantitative estimate of drug-likeness (QED) is 0.774. The molecule has 23 heavy (non-hydrogen) atoms. The molecule has 0 radical (unpaired) electrons. The van der Waals surface area contributed by atoms with Crippen LogP contribution in [0.4, 0.5) is 5.69 Å². The number of nitrogens with zero attached hydrogens (tertiary/aromatic N) is 2. The molecule has 0 bridgehead atoms. The van der Waals surface area contributed by atoms with E-state index in [1.807, 2.05) is 30.3 Å². The van der Waals surface area contributed by atoms with Crippen molar-refractivity contribution in [2.24, 2.45) is 10.2 Å². The number of halogens is 1. The van der Waals surface area contributed by atoms with Gasteiger partial charge in [-0.15, -0.1) is 10.2 Å². The highest BCUT2D eigenvalue weighted by Crippen LogP contribution is 2.35. The molecule has 0 aliphatic heterocycles. The van der Waals surface area contributed by atoms with E-state index < -0.39 is 0 Å². The summed E-state index contributed by atoms with van der Waals surface area (Å²) >= 11 is 6.02. The van der Waals surface area contributed by atoms with Crippen LogP contribution in [0.2, 0.25) is 5.02 Å². The van der Waals surface area contributed by atoms with Crippen LogP contribution in [-0.4, -0.2) is 10.9 Å². The van der Waals surface area contributed by atoms with Crippen LogP contribution in [0.5, 0.6) is 0 Å². The average molecular weight is 327 g/mol. The van der Waals surface area contributed by atoms with Crippen LogP contribution in [0, 0.1) is 0 Å². The van der Waals surface area contributed by atoms with Gasteiger partial charge in [0.2, 0.25) is 0 Å². The summed E-state index contributed by atoms with van der Waals surface area (Å²) in [7, 11) is 0. The smallest absolute Gasteiger partial charge is 0.186 e. The Morgan fingerprint density at radius 1 is 1.00 bits per heavy atom. The van der Waals surface area contributed by atoms with Crippen molar-refractivity contribution in [3.63, 3.8) is 0 Å². The molecule has 116 valence electrons. The Hall–Kier alpha value is -2.46. The van der Waals surface area contributed by atoms with Crippen molar-refractivity contribution >= 4 is 23.1 Å².